The third-order valence-electron chi connectivity index (χ3n) is 3.77. The molecule has 0 aliphatic carbocycles. The van der Waals surface area contributed by atoms with Crippen LogP contribution in [0.1, 0.15) is 11.6 Å². The molecule has 1 aromatic carbocycles. The highest BCUT2D eigenvalue weighted by Crippen LogP contribution is 2.20. The Balaban J connectivity index is 2.02. The minimum Gasteiger partial charge on any atom is -0.379 e. The average Bonchev–Trinajstić information content (AvgIpc) is 2.59. The van der Waals surface area contributed by atoms with Crippen molar-refractivity contribution in [1.29, 1.82) is 0 Å². The summed E-state index contributed by atoms with van der Waals surface area (Å²) in [6.45, 7) is 8.74. The van der Waals surface area contributed by atoms with E-state index in [1.54, 1.807) is 7.05 Å². The molecular formula is C17H26N4O. The molecule has 1 aliphatic rings. The highest BCUT2D eigenvalue weighted by Gasteiger charge is 2.22. The van der Waals surface area contributed by atoms with E-state index >= 15 is 0 Å². The van der Waals surface area contributed by atoms with Crippen molar-refractivity contribution in [2.75, 3.05) is 46.4 Å². The van der Waals surface area contributed by atoms with Crippen LogP contribution in [0.15, 0.2) is 48.0 Å². The van der Waals surface area contributed by atoms with Crippen LogP contribution >= 0.6 is 0 Å². The fourth-order valence-electron chi connectivity index (χ4n) is 2.60. The van der Waals surface area contributed by atoms with Crippen LogP contribution in [0, 0.1) is 0 Å². The minimum absolute atomic E-state index is 0.312. The number of benzene rings is 1. The number of hydrogen-bond acceptors (Lipinski definition) is 3. The molecule has 1 heterocycles. The van der Waals surface area contributed by atoms with Gasteiger partial charge < -0.3 is 15.4 Å². The van der Waals surface area contributed by atoms with Crippen LogP contribution in [0.5, 0.6) is 0 Å². The lowest BCUT2D eigenvalue weighted by molar-refractivity contribution is 0.0170. The first-order valence-corrected chi connectivity index (χ1v) is 7.77. The molecule has 1 saturated heterocycles. The highest BCUT2D eigenvalue weighted by molar-refractivity contribution is 5.79. The Morgan fingerprint density at radius 3 is 2.68 bits per heavy atom. The smallest absolute Gasteiger partial charge is 0.191 e. The second-order valence-corrected chi connectivity index (χ2v) is 5.20. The molecule has 1 unspecified atom stereocenters. The van der Waals surface area contributed by atoms with E-state index in [1.807, 2.05) is 6.08 Å². The second-order valence-electron chi connectivity index (χ2n) is 5.20. The lowest BCUT2D eigenvalue weighted by Gasteiger charge is -2.35. The van der Waals surface area contributed by atoms with Crippen LogP contribution in [0.4, 0.5) is 0 Å². The van der Waals surface area contributed by atoms with Gasteiger partial charge in [-0.2, -0.15) is 0 Å². The molecule has 0 amide bonds. The molecule has 0 radical (unpaired) electrons. The van der Waals surface area contributed by atoms with Crippen LogP contribution in [-0.2, 0) is 4.74 Å². The number of ether oxygens (including phenoxy) is 1. The van der Waals surface area contributed by atoms with E-state index in [2.05, 4.69) is 57.4 Å². The molecule has 5 heteroatoms. The van der Waals surface area contributed by atoms with Gasteiger partial charge in [-0.15, -0.1) is 6.58 Å². The average molecular weight is 302 g/mol. The monoisotopic (exact) mass is 302 g/mol. The Bertz CT molecular complexity index is 469. The number of hydrogen-bond donors (Lipinski definition) is 2. The van der Waals surface area contributed by atoms with Crippen molar-refractivity contribution in [3.8, 4) is 0 Å². The summed E-state index contributed by atoms with van der Waals surface area (Å²) in [4.78, 5) is 6.70. The van der Waals surface area contributed by atoms with E-state index in [0.717, 1.165) is 38.8 Å². The summed E-state index contributed by atoms with van der Waals surface area (Å²) in [6.07, 6.45) is 1.82. The van der Waals surface area contributed by atoms with Crippen LogP contribution in [0.2, 0.25) is 0 Å². The molecule has 0 aromatic heterocycles. The number of rotatable bonds is 6. The maximum absolute atomic E-state index is 5.48. The molecule has 0 saturated carbocycles. The quantitative estimate of drug-likeness (QED) is 0.474. The molecule has 1 aliphatic heterocycles. The fourth-order valence-corrected chi connectivity index (χ4v) is 2.60. The largest absolute Gasteiger partial charge is 0.379 e. The van der Waals surface area contributed by atoms with Gasteiger partial charge in [0, 0.05) is 33.2 Å². The van der Waals surface area contributed by atoms with E-state index in [-0.39, 0.29) is 0 Å². The third kappa shape index (κ3) is 4.86. The Hall–Kier alpha value is -1.85. The standard InChI is InChI=1S/C17H26N4O/c1-3-9-19-17(18-2)20-14-16(15-7-5-4-6-8-15)21-10-12-22-13-11-21/h3-8,16H,1,9-14H2,2H3,(H2,18,19,20). The number of nitrogens with one attached hydrogen (secondary N) is 2. The minimum atomic E-state index is 0.312. The van der Waals surface area contributed by atoms with Gasteiger partial charge >= 0.3 is 0 Å². The predicted octanol–water partition coefficient (Wildman–Crippen LogP) is 1.41. The molecule has 1 atom stereocenters. The summed E-state index contributed by atoms with van der Waals surface area (Å²) in [5.74, 6) is 0.800. The van der Waals surface area contributed by atoms with Gasteiger partial charge in [0.05, 0.1) is 19.3 Å². The molecule has 120 valence electrons. The summed E-state index contributed by atoms with van der Waals surface area (Å²) < 4.78 is 5.48. The number of guanidine groups is 1. The van der Waals surface area contributed by atoms with Gasteiger partial charge in [0.1, 0.15) is 0 Å². The predicted molar refractivity (Wildman–Crippen MR) is 91.1 cm³/mol. The molecule has 0 spiro atoms. The van der Waals surface area contributed by atoms with E-state index in [1.165, 1.54) is 5.56 Å². The zero-order valence-corrected chi connectivity index (χ0v) is 13.3. The Kier molecular flexibility index (Phi) is 6.93. The van der Waals surface area contributed by atoms with Crippen LogP contribution in [-0.4, -0.2) is 57.3 Å². The first-order chi connectivity index (χ1) is 10.8. The number of morpholine rings is 1. The lowest BCUT2D eigenvalue weighted by Crippen LogP contribution is -2.46. The molecular weight excluding hydrogens is 276 g/mol. The number of aliphatic imine (C=N–C) groups is 1. The summed E-state index contributed by atoms with van der Waals surface area (Å²) in [5.41, 5.74) is 1.32. The zero-order chi connectivity index (χ0) is 15.6. The molecule has 22 heavy (non-hydrogen) atoms. The maximum Gasteiger partial charge on any atom is 0.191 e. The van der Waals surface area contributed by atoms with Gasteiger partial charge in [-0.25, -0.2) is 0 Å². The Labute approximate surface area is 133 Å². The van der Waals surface area contributed by atoms with Crippen molar-refractivity contribution in [3.63, 3.8) is 0 Å². The summed E-state index contributed by atoms with van der Waals surface area (Å²) in [6, 6.07) is 10.9. The molecule has 2 rings (SSSR count). The van der Waals surface area contributed by atoms with E-state index in [9.17, 15) is 0 Å². The Morgan fingerprint density at radius 2 is 2.05 bits per heavy atom. The van der Waals surface area contributed by atoms with Crippen molar-refractivity contribution in [3.05, 3.63) is 48.6 Å². The molecule has 1 fully saturated rings. The van der Waals surface area contributed by atoms with E-state index in [4.69, 9.17) is 4.74 Å². The van der Waals surface area contributed by atoms with Crippen LogP contribution < -0.4 is 10.6 Å². The fraction of sp³-hybridized carbons (Fsp3) is 0.471. The van der Waals surface area contributed by atoms with Gasteiger partial charge in [-0.3, -0.25) is 9.89 Å². The van der Waals surface area contributed by atoms with Gasteiger partial charge in [0.2, 0.25) is 0 Å². The van der Waals surface area contributed by atoms with Crippen LogP contribution in [0.3, 0.4) is 0 Å². The van der Waals surface area contributed by atoms with Crippen LogP contribution in [0.25, 0.3) is 0 Å². The van der Waals surface area contributed by atoms with Crippen molar-refractivity contribution in [2.45, 2.75) is 6.04 Å². The SMILES string of the molecule is C=CCNC(=NC)NCC(c1ccccc1)N1CCOCC1. The van der Waals surface area contributed by atoms with Gasteiger partial charge in [0.15, 0.2) is 5.96 Å². The summed E-state index contributed by atoms with van der Waals surface area (Å²) >= 11 is 0. The van der Waals surface area contributed by atoms with Crippen molar-refractivity contribution < 1.29 is 4.74 Å². The van der Waals surface area contributed by atoms with Crippen molar-refractivity contribution >= 4 is 5.96 Å². The molecule has 1 aromatic rings. The maximum atomic E-state index is 5.48. The highest BCUT2D eigenvalue weighted by atomic mass is 16.5. The zero-order valence-electron chi connectivity index (χ0n) is 13.3. The molecule has 0 bridgehead atoms. The Morgan fingerprint density at radius 1 is 1.32 bits per heavy atom. The first-order valence-electron chi connectivity index (χ1n) is 7.77. The third-order valence-corrected chi connectivity index (χ3v) is 3.77. The second kappa shape index (κ2) is 9.23. The van der Waals surface area contributed by atoms with E-state index in [0.29, 0.717) is 12.6 Å². The van der Waals surface area contributed by atoms with Crippen molar-refractivity contribution in [2.24, 2.45) is 4.99 Å². The summed E-state index contributed by atoms with van der Waals surface area (Å²) in [5, 5.41) is 6.62. The van der Waals surface area contributed by atoms with Gasteiger partial charge in [-0.05, 0) is 5.56 Å². The number of nitrogens with zero attached hydrogens (tertiary/aromatic N) is 2. The van der Waals surface area contributed by atoms with Crippen molar-refractivity contribution in [1.82, 2.24) is 15.5 Å². The van der Waals surface area contributed by atoms with E-state index < -0.39 is 0 Å². The first kappa shape index (κ1) is 16.5. The van der Waals surface area contributed by atoms with Gasteiger partial charge in [-0.1, -0.05) is 36.4 Å². The molecule has 5 nitrogen and oxygen atoms in total. The normalized spacial score (nSPS) is 17.8. The molecule has 2 N–H and O–H groups in total. The lowest BCUT2D eigenvalue weighted by atomic mass is 10.0. The summed E-state index contributed by atoms with van der Waals surface area (Å²) in [7, 11) is 1.78. The topological polar surface area (TPSA) is 48.9 Å². The van der Waals surface area contributed by atoms with Gasteiger partial charge in [0.25, 0.3) is 0 Å².